The number of benzene rings is 1. The molecular formula is C19H27NO2S. The smallest absolute Gasteiger partial charge is 0.246 e. The van der Waals surface area contributed by atoms with Crippen molar-refractivity contribution in [2.45, 2.75) is 63.7 Å². The zero-order valence-electron chi connectivity index (χ0n) is 14.2. The summed E-state index contributed by atoms with van der Waals surface area (Å²) in [6.07, 6.45) is 9.72. The summed E-state index contributed by atoms with van der Waals surface area (Å²) in [5, 5.41) is 0. The molecule has 1 heterocycles. The van der Waals surface area contributed by atoms with E-state index >= 15 is 0 Å². The minimum Gasteiger partial charge on any atom is -0.246 e. The fourth-order valence-corrected chi connectivity index (χ4v) is 4.14. The molecule has 2 aromatic rings. The van der Waals surface area contributed by atoms with Gasteiger partial charge in [-0.1, -0.05) is 56.7 Å². The summed E-state index contributed by atoms with van der Waals surface area (Å²) >= 11 is 0. The topological polar surface area (TPSA) is 39.1 Å². The molecular weight excluding hydrogens is 306 g/mol. The van der Waals surface area contributed by atoms with E-state index in [2.05, 4.69) is 6.92 Å². The van der Waals surface area contributed by atoms with E-state index in [0.717, 1.165) is 30.5 Å². The molecule has 1 aromatic carbocycles. The lowest BCUT2D eigenvalue weighted by Gasteiger charge is -2.11. The second-order valence-electron chi connectivity index (χ2n) is 6.13. The van der Waals surface area contributed by atoms with Crippen LogP contribution in [0.4, 0.5) is 0 Å². The van der Waals surface area contributed by atoms with Crippen molar-refractivity contribution in [2.75, 3.05) is 0 Å². The lowest BCUT2D eigenvalue weighted by atomic mass is 10.1. The van der Waals surface area contributed by atoms with Crippen molar-refractivity contribution in [3.05, 3.63) is 53.9 Å². The first-order valence-electron chi connectivity index (χ1n) is 8.54. The predicted molar refractivity (Wildman–Crippen MR) is 95.3 cm³/mol. The number of rotatable bonds is 9. The van der Waals surface area contributed by atoms with E-state index in [0.29, 0.717) is 4.90 Å². The van der Waals surface area contributed by atoms with Crippen LogP contribution in [0.5, 0.6) is 0 Å². The highest BCUT2D eigenvalue weighted by atomic mass is 32.2. The molecule has 0 amide bonds. The van der Waals surface area contributed by atoms with Gasteiger partial charge in [0.1, 0.15) is 0 Å². The van der Waals surface area contributed by atoms with E-state index < -0.39 is 10.0 Å². The van der Waals surface area contributed by atoms with Gasteiger partial charge < -0.3 is 0 Å². The molecule has 1 aromatic heterocycles. The van der Waals surface area contributed by atoms with Crippen LogP contribution in [0.15, 0.2) is 47.5 Å². The first kappa shape index (κ1) is 17.8. The Balaban J connectivity index is 2.03. The summed E-state index contributed by atoms with van der Waals surface area (Å²) in [6, 6.07) is 10.8. The lowest BCUT2D eigenvalue weighted by molar-refractivity contribution is 0.580. The molecule has 0 saturated carbocycles. The maximum absolute atomic E-state index is 12.8. The van der Waals surface area contributed by atoms with E-state index in [4.69, 9.17) is 0 Å². The summed E-state index contributed by atoms with van der Waals surface area (Å²) in [7, 11) is -3.48. The van der Waals surface area contributed by atoms with Gasteiger partial charge in [-0.3, -0.25) is 0 Å². The van der Waals surface area contributed by atoms with Crippen molar-refractivity contribution in [3.8, 4) is 0 Å². The fraction of sp³-hybridized carbons (Fsp3) is 0.474. The summed E-state index contributed by atoms with van der Waals surface area (Å²) in [5.74, 6) is 0. The second-order valence-corrected chi connectivity index (χ2v) is 7.95. The minimum atomic E-state index is -3.48. The van der Waals surface area contributed by atoms with Crippen LogP contribution in [0, 0.1) is 6.92 Å². The monoisotopic (exact) mass is 333 g/mol. The number of unbranched alkanes of at least 4 members (excludes halogenated alkanes) is 5. The van der Waals surface area contributed by atoms with E-state index in [1.165, 1.54) is 29.7 Å². The van der Waals surface area contributed by atoms with Crippen LogP contribution in [0.1, 0.15) is 56.7 Å². The fourth-order valence-electron chi connectivity index (χ4n) is 2.74. The molecule has 0 aliphatic heterocycles. The third-order valence-corrected chi connectivity index (χ3v) is 5.90. The van der Waals surface area contributed by atoms with Crippen molar-refractivity contribution >= 4 is 10.0 Å². The van der Waals surface area contributed by atoms with Crippen LogP contribution in [0.3, 0.4) is 0 Å². The highest BCUT2D eigenvalue weighted by Gasteiger charge is 2.18. The van der Waals surface area contributed by atoms with Gasteiger partial charge in [-0.2, -0.15) is 0 Å². The normalized spacial score (nSPS) is 11.7. The van der Waals surface area contributed by atoms with Gasteiger partial charge in [0.2, 0.25) is 0 Å². The zero-order valence-corrected chi connectivity index (χ0v) is 15.0. The molecule has 0 aliphatic carbocycles. The van der Waals surface area contributed by atoms with Crippen molar-refractivity contribution in [3.63, 3.8) is 0 Å². The number of hydrogen-bond donors (Lipinski definition) is 0. The Hall–Kier alpha value is -1.55. The molecule has 2 rings (SSSR count). The molecule has 0 atom stereocenters. The Morgan fingerprint density at radius 1 is 0.913 bits per heavy atom. The molecule has 0 unspecified atom stereocenters. The van der Waals surface area contributed by atoms with Gasteiger partial charge in [0.25, 0.3) is 10.0 Å². The highest BCUT2D eigenvalue weighted by Crippen LogP contribution is 2.19. The Kier molecular flexibility index (Phi) is 6.46. The maximum Gasteiger partial charge on any atom is 0.267 e. The Morgan fingerprint density at radius 2 is 1.57 bits per heavy atom. The van der Waals surface area contributed by atoms with Crippen molar-refractivity contribution in [1.82, 2.24) is 3.97 Å². The van der Waals surface area contributed by atoms with Crippen LogP contribution in [-0.2, 0) is 16.4 Å². The summed E-state index contributed by atoms with van der Waals surface area (Å²) in [6.45, 7) is 4.17. The third kappa shape index (κ3) is 4.71. The number of nitrogens with zero attached hydrogens (tertiary/aromatic N) is 1. The molecule has 4 heteroatoms. The molecule has 0 fully saturated rings. The molecule has 3 nitrogen and oxygen atoms in total. The Labute approximate surface area is 140 Å². The first-order valence-corrected chi connectivity index (χ1v) is 9.98. The van der Waals surface area contributed by atoms with E-state index in [9.17, 15) is 8.42 Å². The average Bonchev–Trinajstić information content (AvgIpc) is 3.00. The first-order chi connectivity index (χ1) is 11.1. The lowest BCUT2D eigenvalue weighted by Crippen LogP contribution is -2.14. The third-order valence-electron chi connectivity index (χ3n) is 4.16. The quantitative estimate of drug-likeness (QED) is 0.610. The van der Waals surface area contributed by atoms with E-state index in [1.807, 2.05) is 31.2 Å². The standard InChI is InChI=1S/C19H27NO2S/c1-3-4-5-6-7-8-10-18-11-9-16-20(18)23(21,22)19-14-12-17(2)13-15-19/h9,11-16H,3-8,10H2,1-2H3. The van der Waals surface area contributed by atoms with Gasteiger partial charge in [-0.05, 0) is 44.0 Å². The minimum absolute atomic E-state index is 0.350. The molecule has 0 spiro atoms. The number of hydrogen-bond acceptors (Lipinski definition) is 2. The molecule has 0 bridgehead atoms. The van der Waals surface area contributed by atoms with Crippen LogP contribution in [0.2, 0.25) is 0 Å². The van der Waals surface area contributed by atoms with Gasteiger partial charge in [-0.15, -0.1) is 0 Å². The van der Waals surface area contributed by atoms with Gasteiger partial charge in [0, 0.05) is 11.9 Å². The van der Waals surface area contributed by atoms with Crippen molar-refractivity contribution < 1.29 is 8.42 Å². The molecule has 126 valence electrons. The van der Waals surface area contributed by atoms with Gasteiger partial charge in [-0.25, -0.2) is 12.4 Å². The summed E-state index contributed by atoms with van der Waals surface area (Å²) in [5.41, 5.74) is 1.94. The molecule has 0 aliphatic rings. The van der Waals surface area contributed by atoms with Crippen LogP contribution >= 0.6 is 0 Å². The zero-order chi connectivity index (χ0) is 16.7. The maximum atomic E-state index is 12.8. The SMILES string of the molecule is CCCCCCCCc1cccn1S(=O)(=O)c1ccc(C)cc1. The summed E-state index contributed by atoms with van der Waals surface area (Å²) in [4.78, 5) is 0.350. The number of aryl methyl sites for hydroxylation is 2. The largest absolute Gasteiger partial charge is 0.267 e. The van der Waals surface area contributed by atoms with E-state index in [1.54, 1.807) is 18.3 Å². The van der Waals surface area contributed by atoms with Crippen LogP contribution < -0.4 is 0 Å². The number of aromatic nitrogens is 1. The molecule has 0 N–H and O–H groups in total. The molecule has 0 saturated heterocycles. The van der Waals surface area contributed by atoms with E-state index in [-0.39, 0.29) is 0 Å². The van der Waals surface area contributed by atoms with Gasteiger partial charge in [0.15, 0.2) is 0 Å². The Morgan fingerprint density at radius 3 is 2.26 bits per heavy atom. The predicted octanol–water partition coefficient (Wildman–Crippen LogP) is 4.94. The summed E-state index contributed by atoms with van der Waals surface area (Å²) < 4.78 is 27.0. The van der Waals surface area contributed by atoms with Crippen LogP contribution in [-0.4, -0.2) is 12.4 Å². The van der Waals surface area contributed by atoms with Gasteiger partial charge in [0.05, 0.1) is 4.90 Å². The molecule has 0 radical (unpaired) electrons. The van der Waals surface area contributed by atoms with Gasteiger partial charge >= 0.3 is 0 Å². The highest BCUT2D eigenvalue weighted by molar-refractivity contribution is 7.90. The molecule has 23 heavy (non-hydrogen) atoms. The van der Waals surface area contributed by atoms with Crippen molar-refractivity contribution in [1.29, 1.82) is 0 Å². The second kappa shape index (κ2) is 8.34. The average molecular weight is 333 g/mol. The van der Waals surface area contributed by atoms with Crippen molar-refractivity contribution in [2.24, 2.45) is 0 Å². The Bertz CT molecular complexity index is 699. The van der Waals surface area contributed by atoms with Crippen LogP contribution in [0.25, 0.3) is 0 Å².